The molecule has 0 spiro atoms. The average molecular weight is 259 g/mol. The van der Waals surface area contributed by atoms with E-state index in [-0.39, 0.29) is 12.0 Å². The molecule has 0 amide bonds. The highest BCUT2D eigenvalue weighted by atomic mass is 16.5. The molecule has 0 fully saturated rings. The number of ether oxygens (including phenoxy) is 2. The van der Waals surface area contributed by atoms with Crippen LogP contribution >= 0.6 is 0 Å². The van der Waals surface area contributed by atoms with Crippen molar-refractivity contribution in [1.82, 2.24) is 4.57 Å². The molecule has 2 rings (SSSR count). The second kappa shape index (κ2) is 6.09. The Morgan fingerprint density at radius 3 is 2.32 bits per heavy atom. The van der Waals surface area contributed by atoms with Gasteiger partial charge in [-0.1, -0.05) is 12.1 Å². The van der Waals surface area contributed by atoms with Crippen molar-refractivity contribution >= 4 is 5.97 Å². The van der Waals surface area contributed by atoms with Crippen molar-refractivity contribution < 1.29 is 14.3 Å². The third-order valence-corrected chi connectivity index (χ3v) is 3.08. The first-order valence-electron chi connectivity index (χ1n) is 6.08. The Balaban J connectivity index is 2.28. The van der Waals surface area contributed by atoms with Crippen LogP contribution in [0, 0.1) is 0 Å². The van der Waals surface area contributed by atoms with E-state index in [0.717, 1.165) is 11.3 Å². The standard InChI is InChI=1S/C15H17NO3/c1-18-13-7-5-12(6-8-13)14(11-15(17)19-2)16-9-3-4-10-16/h3-10,14H,11H2,1-2H3. The van der Waals surface area contributed by atoms with Gasteiger partial charge in [0.15, 0.2) is 0 Å². The number of benzene rings is 1. The third-order valence-electron chi connectivity index (χ3n) is 3.08. The fourth-order valence-electron chi connectivity index (χ4n) is 2.02. The van der Waals surface area contributed by atoms with E-state index < -0.39 is 0 Å². The van der Waals surface area contributed by atoms with Gasteiger partial charge in [0.05, 0.1) is 26.7 Å². The Bertz CT molecular complexity index is 517. The maximum Gasteiger partial charge on any atom is 0.307 e. The molecule has 1 unspecified atom stereocenters. The van der Waals surface area contributed by atoms with Crippen LogP contribution in [0.25, 0.3) is 0 Å². The maximum atomic E-state index is 11.6. The van der Waals surface area contributed by atoms with Crippen LogP contribution in [0.4, 0.5) is 0 Å². The molecular formula is C15H17NO3. The summed E-state index contributed by atoms with van der Waals surface area (Å²) in [5, 5.41) is 0. The molecule has 0 radical (unpaired) electrons. The van der Waals surface area contributed by atoms with E-state index in [1.165, 1.54) is 7.11 Å². The first-order valence-corrected chi connectivity index (χ1v) is 6.08. The summed E-state index contributed by atoms with van der Waals surface area (Å²) in [5.41, 5.74) is 1.04. The second-order valence-corrected chi connectivity index (χ2v) is 4.20. The Morgan fingerprint density at radius 2 is 1.79 bits per heavy atom. The summed E-state index contributed by atoms with van der Waals surface area (Å²) in [4.78, 5) is 11.6. The molecule has 1 aromatic carbocycles. The van der Waals surface area contributed by atoms with Crippen molar-refractivity contribution in [2.24, 2.45) is 0 Å². The molecule has 0 bridgehead atoms. The van der Waals surface area contributed by atoms with Crippen LogP contribution < -0.4 is 4.74 Å². The molecule has 0 aliphatic rings. The number of carbonyl (C=O) groups is 1. The highest BCUT2D eigenvalue weighted by molar-refractivity contribution is 5.70. The predicted octanol–water partition coefficient (Wildman–Crippen LogP) is 2.65. The van der Waals surface area contributed by atoms with E-state index in [2.05, 4.69) is 0 Å². The first kappa shape index (κ1) is 13.2. The molecule has 100 valence electrons. The molecule has 2 aromatic rings. The minimum absolute atomic E-state index is 0.0617. The Labute approximate surface area is 112 Å². The van der Waals surface area contributed by atoms with Gasteiger partial charge in [-0.15, -0.1) is 0 Å². The number of hydrogen-bond acceptors (Lipinski definition) is 3. The Morgan fingerprint density at radius 1 is 1.16 bits per heavy atom. The van der Waals surface area contributed by atoms with Gasteiger partial charge in [-0.2, -0.15) is 0 Å². The molecule has 0 N–H and O–H groups in total. The highest BCUT2D eigenvalue weighted by Gasteiger charge is 2.17. The van der Waals surface area contributed by atoms with Crippen LogP contribution in [0.2, 0.25) is 0 Å². The Kier molecular flexibility index (Phi) is 4.23. The van der Waals surface area contributed by atoms with Gasteiger partial charge in [-0.25, -0.2) is 0 Å². The van der Waals surface area contributed by atoms with Crippen LogP contribution in [0.1, 0.15) is 18.0 Å². The smallest absolute Gasteiger partial charge is 0.307 e. The van der Waals surface area contributed by atoms with Gasteiger partial charge in [0.2, 0.25) is 0 Å². The minimum Gasteiger partial charge on any atom is -0.497 e. The van der Waals surface area contributed by atoms with Gasteiger partial charge in [0.25, 0.3) is 0 Å². The number of methoxy groups -OCH3 is 2. The molecule has 1 atom stereocenters. The van der Waals surface area contributed by atoms with Gasteiger partial charge in [-0.05, 0) is 29.8 Å². The van der Waals surface area contributed by atoms with Crippen molar-refractivity contribution in [3.05, 3.63) is 54.4 Å². The van der Waals surface area contributed by atoms with Gasteiger partial charge < -0.3 is 14.0 Å². The minimum atomic E-state index is -0.227. The lowest BCUT2D eigenvalue weighted by molar-refractivity contribution is -0.141. The average Bonchev–Trinajstić information content (AvgIpc) is 2.98. The van der Waals surface area contributed by atoms with E-state index in [4.69, 9.17) is 9.47 Å². The number of aromatic nitrogens is 1. The maximum absolute atomic E-state index is 11.6. The van der Waals surface area contributed by atoms with Gasteiger partial charge in [0, 0.05) is 12.4 Å². The lowest BCUT2D eigenvalue weighted by atomic mass is 10.0. The van der Waals surface area contributed by atoms with Crippen molar-refractivity contribution in [1.29, 1.82) is 0 Å². The van der Waals surface area contributed by atoms with E-state index in [1.54, 1.807) is 7.11 Å². The van der Waals surface area contributed by atoms with Crippen molar-refractivity contribution in [2.45, 2.75) is 12.5 Å². The van der Waals surface area contributed by atoms with Gasteiger partial charge in [0.1, 0.15) is 5.75 Å². The number of nitrogens with zero attached hydrogens (tertiary/aromatic N) is 1. The zero-order valence-electron chi connectivity index (χ0n) is 11.1. The monoisotopic (exact) mass is 259 g/mol. The highest BCUT2D eigenvalue weighted by Crippen LogP contribution is 2.24. The summed E-state index contributed by atoms with van der Waals surface area (Å²) in [5.74, 6) is 0.572. The second-order valence-electron chi connectivity index (χ2n) is 4.20. The van der Waals surface area contributed by atoms with Crippen molar-refractivity contribution in [2.75, 3.05) is 14.2 Å². The van der Waals surface area contributed by atoms with Crippen molar-refractivity contribution in [3.8, 4) is 5.75 Å². The molecule has 0 saturated heterocycles. The van der Waals surface area contributed by atoms with Crippen LogP contribution in [-0.4, -0.2) is 24.8 Å². The number of carbonyl (C=O) groups excluding carboxylic acids is 1. The predicted molar refractivity (Wildman–Crippen MR) is 72.2 cm³/mol. The fourth-order valence-corrected chi connectivity index (χ4v) is 2.02. The van der Waals surface area contributed by atoms with E-state index in [0.29, 0.717) is 6.42 Å². The molecule has 1 heterocycles. The molecule has 0 saturated carbocycles. The quantitative estimate of drug-likeness (QED) is 0.775. The summed E-state index contributed by atoms with van der Waals surface area (Å²) in [7, 11) is 3.04. The molecule has 0 aliphatic carbocycles. The van der Waals surface area contributed by atoms with Crippen molar-refractivity contribution in [3.63, 3.8) is 0 Å². The van der Waals surface area contributed by atoms with Crippen LogP contribution in [0.15, 0.2) is 48.8 Å². The third kappa shape index (κ3) is 3.16. The normalized spacial score (nSPS) is 11.9. The molecule has 19 heavy (non-hydrogen) atoms. The zero-order valence-corrected chi connectivity index (χ0v) is 11.1. The number of hydrogen-bond donors (Lipinski definition) is 0. The summed E-state index contributed by atoms with van der Waals surface area (Å²) in [6.45, 7) is 0. The van der Waals surface area contributed by atoms with E-state index in [1.807, 2.05) is 53.4 Å². The lowest BCUT2D eigenvalue weighted by Crippen LogP contribution is -2.15. The van der Waals surface area contributed by atoms with Gasteiger partial charge >= 0.3 is 5.97 Å². The summed E-state index contributed by atoms with van der Waals surface area (Å²) < 4.78 is 11.9. The first-order chi connectivity index (χ1) is 9.24. The Hall–Kier alpha value is -2.23. The van der Waals surface area contributed by atoms with E-state index in [9.17, 15) is 4.79 Å². The van der Waals surface area contributed by atoms with Crippen LogP contribution in [-0.2, 0) is 9.53 Å². The molecule has 1 aromatic heterocycles. The molecule has 0 aliphatic heterocycles. The SMILES string of the molecule is COC(=O)CC(c1ccc(OC)cc1)n1cccc1. The molecule has 4 heteroatoms. The number of esters is 1. The summed E-state index contributed by atoms with van der Waals surface area (Å²) in [6.07, 6.45) is 4.19. The van der Waals surface area contributed by atoms with Crippen LogP contribution in [0.5, 0.6) is 5.75 Å². The summed E-state index contributed by atoms with van der Waals surface area (Å²) >= 11 is 0. The largest absolute Gasteiger partial charge is 0.497 e. The topological polar surface area (TPSA) is 40.5 Å². The van der Waals surface area contributed by atoms with Gasteiger partial charge in [-0.3, -0.25) is 4.79 Å². The molecular weight excluding hydrogens is 242 g/mol. The lowest BCUT2D eigenvalue weighted by Gasteiger charge is -2.18. The van der Waals surface area contributed by atoms with E-state index >= 15 is 0 Å². The number of rotatable bonds is 5. The summed E-state index contributed by atoms with van der Waals surface area (Å²) in [6, 6.07) is 11.5. The fraction of sp³-hybridized carbons (Fsp3) is 0.267. The zero-order chi connectivity index (χ0) is 13.7. The molecule has 4 nitrogen and oxygen atoms in total. The van der Waals surface area contributed by atoms with Crippen LogP contribution in [0.3, 0.4) is 0 Å².